The largest absolute Gasteiger partial charge is 0.733 e. The molecular weight excluding hydrogens is 440 g/mol. The molecule has 2 amide bonds. The summed E-state index contributed by atoms with van der Waals surface area (Å²) in [5, 5.41) is 45.7. The predicted octanol–water partition coefficient (Wildman–Crippen LogP) is 3.43. The quantitative estimate of drug-likeness (QED) is 0.471. The number of hydrogen-bond acceptors (Lipinski definition) is 8. The molecule has 4 atom stereocenters. The minimum Gasteiger partial charge on any atom is -0.733 e. The summed E-state index contributed by atoms with van der Waals surface area (Å²) < 4.78 is 0. The first kappa shape index (κ1) is 24.0. The highest BCUT2D eigenvalue weighted by Crippen LogP contribution is 2.65. The van der Waals surface area contributed by atoms with Gasteiger partial charge in [0.2, 0.25) is 0 Å². The molecule has 2 fully saturated rings. The fourth-order valence-electron chi connectivity index (χ4n) is 5.75. The standard InChI is InChI=1S/C24H28N4O6/c1-23(2)18-12-13-24(23,3)20(26-22(30)15-6-10-17(11-7-15)28(33)34)19(18)25-21(29)14-4-8-16(9-5-14)27(31)32/h4-11,18-20,31,33H,12-13H2,1-3H3,(H,25,29)(H,26,30)/q-2/t18-,19-,20-,24+/m1/s1. The minimum absolute atomic E-state index is 0.0158. The number of carbonyl (C=O) groups excluding carboxylic acids is 2. The van der Waals surface area contributed by atoms with Gasteiger partial charge in [-0.25, -0.2) is 0 Å². The van der Waals surface area contributed by atoms with E-state index in [2.05, 4.69) is 31.4 Å². The summed E-state index contributed by atoms with van der Waals surface area (Å²) in [6.45, 7) is 6.45. The van der Waals surface area contributed by atoms with Crippen molar-refractivity contribution >= 4 is 23.2 Å². The lowest BCUT2D eigenvalue weighted by Gasteiger charge is -2.40. The smallest absolute Gasteiger partial charge is 0.251 e. The third-order valence-corrected chi connectivity index (χ3v) is 8.14. The zero-order valence-electron chi connectivity index (χ0n) is 19.2. The molecule has 4 N–H and O–H groups in total. The van der Waals surface area contributed by atoms with E-state index in [4.69, 9.17) is 10.4 Å². The zero-order valence-corrected chi connectivity index (χ0v) is 19.2. The lowest BCUT2D eigenvalue weighted by atomic mass is 9.69. The summed E-state index contributed by atoms with van der Waals surface area (Å²) in [7, 11) is 0. The van der Waals surface area contributed by atoms with Crippen LogP contribution in [0.15, 0.2) is 48.5 Å². The highest BCUT2D eigenvalue weighted by Gasteiger charge is 2.66. The van der Waals surface area contributed by atoms with Gasteiger partial charge in [-0.15, -0.1) is 0 Å². The third-order valence-electron chi connectivity index (χ3n) is 8.14. The van der Waals surface area contributed by atoms with E-state index in [-0.39, 0.29) is 62.5 Å². The molecule has 0 aliphatic heterocycles. The molecule has 2 aromatic rings. The molecule has 0 spiro atoms. The topological polar surface area (TPSA) is 151 Å². The molecule has 0 radical (unpaired) electrons. The van der Waals surface area contributed by atoms with Gasteiger partial charge in [0.05, 0.1) is 23.5 Å². The molecule has 0 saturated heterocycles. The Morgan fingerprint density at radius 2 is 1.29 bits per heavy atom. The number of rotatable bonds is 6. The molecule has 4 rings (SSSR count). The Labute approximate surface area is 197 Å². The number of nitrogens with zero attached hydrogens (tertiary/aromatic N) is 2. The fraction of sp³-hybridized carbons (Fsp3) is 0.417. The second-order valence-electron chi connectivity index (χ2n) is 9.87. The first-order chi connectivity index (χ1) is 16.0. The van der Waals surface area contributed by atoms with Gasteiger partial charge in [-0.3, -0.25) is 20.0 Å². The van der Waals surface area contributed by atoms with Crippen LogP contribution in [0.4, 0.5) is 11.4 Å². The number of amides is 2. The Balaban J connectivity index is 1.56. The second-order valence-corrected chi connectivity index (χ2v) is 9.87. The first-order valence-electron chi connectivity index (χ1n) is 11.1. The summed E-state index contributed by atoms with van der Waals surface area (Å²) in [5.74, 6) is -0.522. The number of anilines is 2. The van der Waals surface area contributed by atoms with Gasteiger partial charge in [-0.2, -0.15) is 0 Å². The molecule has 2 aliphatic carbocycles. The van der Waals surface area contributed by atoms with Crippen LogP contribution in [-0.2, 0) is 0 Å². The normalized spacial score (nSPS) is 26.7. The molecule has 182 valence electrons. The van der Waals surface area contributed by atoms with Gasteiger partial charge in [0.25, 0.3) is 11.8 Å². The minimum atomic E-state index is -0.335. The Hall–Kier alpha value is -3.18. The summed E-state index contributed by atoms with van der Waals surface area (Å²) in [6, 6.07) is 10.6. The number of benzene rings is 2. The Kier molecular flexibility index (Phi) is 6.03. The van der Waals surface area contributed by atoms with Gasteiger partial charge in [0.15, 0.2) is 0 Å². The van der Waals surface area contributed by atoms with Crippen LogP contribution in [0.3, 0.4) is 0 Å². The van der Waals surface area contributed by atoms with Crippen LogP contribution in [0, 0.1) is 27.2 Å². The van der Waals surface area contributed by atoms with Gasteiger partial charge in [-0.1, -0.05) is 20.8 Å². The Morgan fingerprint density at radius 1 is 0.853 bits per heavy atom. The Morgan fingerprint density at radius 3 is 1.74 bits per heavy atom. The summed E-state index contributed by atoms with van der Waals surface area (Å²) in [5.41, 5.74) is 0.303. The van der Waals surface area contributed by atoms with Gasteiger partial charge in [0, 0.05) is 11.1 Å². The average molecular weight is 469 g/mol. The van der Waals surface area contributed by atoms with Crippen molar-refractivity contribution in [2.45, 2.75) is 45.7 Å². The summed E-state index contributed by atoms with van der Waals surface area (Å²) in [6.07, 6.45) is 1.82. The van der Waals surface area contributed by atoms with Crippen LogP contribution in [-0.4, -0.2) is 34.3 Å². The van der Waals surface area contributed by atoms with Crippen LogP contribution in [0.1, 0.15) is 54.3 Å². The first-order valence-corrected chi connectivity index (χ1v) is 11.1. The third kappa shape index (κ3) is 3.88. The van der Waals surface area contributed by atoms with Gasteiger partial charge in [0.1, 0.15) is 0 Å². The highest BCUT2D eigenvalue weighted by molar-refractivity contribution is 5.96. The van der Waals surface area contributed by atoms with E-state index in [1.54, 1.807) is 0 Å². The van der Waals surface area contributed by atoms with Crippen LogP contribution in [0.5, 0.6) is 0 Å². The Bertz CT molecular complexity index is 1070. The molecule has 34 heavy (non-hydrogen) atoms. The maximum absolute atomic E-state index is 13.1. The number of hydrogen-bond donors (Lipinski definition) is 4. The van der Waals surface area contributed by atoms with Crippen molar-refractivity contribution in [1.29, 1.82) is 0 Å². The van der Waals surface area contributed by atoms with Crippen molar-refractivity contribution in [3.05, 3.63) is 70.1 Å². The lowest BCUT2D eigenvalue weighted by Crippen LogP contribution is -2.57. The molecule has 10 heteroatoms. The van der Waals surface area contributed by atoms with Crippen molar-refractivity contribution in [3.63, 3.8) is 0 Å². The van der Waals surface area contributed by atoms with E-state index >= 15 is 0 Å². The van der Waals surface area contributed by atoms with E-state index in [1.165, 1.54) is 48.5 Å². The molecule has 0 heterocycles. The molecule has 10 nitrogen and oxygen atoms in total. The number of fused-ring (bicyclic) bond motifs is 2. The van der Waals surface area contributed by atoms with Gasteiger partial charge >= 0.3 is 0 Å². The maximum atomic E-state index is 13.1. The van der Waals surface area contributed by atoms with Crippen molar-refractivity contribution in [1.82, 2.24) is 10.6 Å². The van der Waals surface area contributed by atoms with Gasteiger partial charge < -0.3 is 31.5 Å². The molecule has 2 bridgehead atoms. The van der Waals surface area contributed by atoms with E-state index in [9.17, 15) is 20.0 Å². The van der Waals surface area contributed by atoms with Crippen molar-refractivity contribution in [2.24, 2.45) is 16.7 Å². The maximum Gasteiger partial charge on any atom is 0.251 e. The zero-order chi connectivity index (χ0) is 24.8. The number of carbonyl (C=O) groups is 2. The molecule has 2 saturated carbocycles. The summed E-state index contributed by atoms with van der Waals surface area (Å²) in [4.78, 5) is 26.1. The van der Waals surface area contributed by atoms with E-state index < -0.39 is 0 Å². The molecular formula is C24H28N4O6-2. The molecule has 2 aromatic carbocycles. The van der Waals surface area contributed by atoms with Crippen molar-refractivity contribution in [2.75, 3.05) is 10.5 Å². The van der Waals surface area contributed by atoms with E-state index in [0.29, 0.717) is 11.1 Å². The van der Waals surface area contributed by atoms with E-state index in [0.717, 1.165) is 12.8 Å². The second kappa shape index (κ2) is 8.55. The lowest BCUT2D eigenvalue weighted by molar-refractivity contribution is 0.0781. The predicted molar refractivity (Wildman–Crippen MR) is 125 cm³/mol. The molecule has 0 unspecified atom stereocenters. The molecule has 0 aromatic heterocycles. The monoisotopic (exact) mass is 468 g/mol. The van der Waals surface area contributed by atoms with Gasteiger partial charge in [-0.05, 0) is 78.1 Å². The highest BCUT2D eigenvalue weighted by atomic mass is 16.8. The molecule has 2 aliphatic rings. The SMILES string of the molecule is CC1(C)[C@@H]2CC[C@@]1(C)[C@H](NC(=O)c1ccc(N([O-])O)cc1)[C@@H]2NC(=O)c1ccc(N([O-])O)cc1. The van der Waals surface area contributed by atoms with Crippen LogP contribution >= 0.6 is 0 Å². The van der Waals surface area contributed by atoms with Crippen LogP contribution in [0.25, 0.3) is 0 Å². The van der Waals surface area contributed by atoms with E-state index in [1.807, 2.05) is 0 Å². The van der Waals surface area contributed by atoms with Crippen molar-refractivity contribution in [3.8, 4) is 0 Å². The number of nitrogens with one attached hydrogen (secondary N) is 2. The van der Waals surface area contributed by atoms with Crippen LogP contribution in [0.2, 0.25) is 0 Å². The average Bonchev–Trinajstić information content (AvgIpc) is 3.12. The van der Waals surface area contributed by atoms with Crippen molar-refractivity contribution < 1.29 is 20.0 Å². The fourth-order valence-corrected chi connectivity index (χ4v) is 5.75. The summed E-state index contributed by atoms with van der Waals surface area (Å²) >= 11 is 0. The van der Waals surface area contributed by atoms with Crippen LogP contribution < -0.4 is 21.1 Å².